The van der Waals surface area contributed by atoms with Gasteiger partial charge in [0.2, 0.25) is 5.91 Å². The molecule has 0 spiro atoms. The maximum atomic E-state index is 11.9. The Hall–Kier alpha value is -2.27. The Kier molecular flexibility index (Phi) is 5.61. The number of amides is 1. The molecule has 114 valence electrons. The minimum absolute atomic E-state index is 0.197. The first-order valence-electron chi connectivity index (χ1n) is 6.59. The lowest BCUT2D eigenvalue weighted by molar-refractivity contribution is -0.111. The molecule has 0 unspecified atom stereocenters. The van der Waals surface area contributed by atoms with Crippen LogP contribution in [0.15, 0.2) is 53.0 Å². The molecule has 0 fully saturated rings. The molecule has 4 nitrogen and oxygen atoms in total. The van der Waals surface area contributed by atoms with Crippen LogP contribution in [0.5, 0.6) is 11.5 Å². The first-order chi connectivity index (χ1) is 10.6. The monoisotopic (exact) mass is 361 g/mol. The highest BCUT2D eigenvalue weighted by molar-refractivity contribution is 9.10. The minimum Gasteiger partial charge on any atom is -0.497 e. The molecule has 2 aromatic carbocycles. The van der Waals surface area contributed by atoms with Crippen LogP contribution in [-0.2, 0) is 4.79 Å². The van der Waals surface area contributed by atoms with Crippen molar-refractivity contribution in [1.29, 1.82) is 0 Å². The highest BCUT2D eigenvalue weighted by atomic mass is 79.9. The molecule has 0 atom stereocenters. The molecule has 2 rings (SSSR count). The van der Waals surface area contributed by atoms with E-state index >= 15 is 0 Å². The van der Waals surface area contributed by atoms with E-state index in [0.717, 1.165) is 21.5 Å². The van der Waals surface area contributed by atoms with Gasteiger partial charge in [-0.3, -0.25) is 4.79 Å². The number of carbonyl (C=O) groups excluding carboxylic acids is 1. The van der Waals surface area contributed by atoms with E-state index in [4.69, 9.17) is 9.47 Å². The summed E-state index contributed by atoms with van der Waals surface area (Å²) >= 11 is 3.41. The normalized spacial score (nSPS) is 10.5. The van der Waals surface area contributed by atoms with Crippen molar-refractivity contribution >= 4 is 33.6 Å². The standard InChI is InChI=1S/C17H16BrNO3/c1-21-14-7-5-13(6-8-14)19-17(20)10-4-12-3-9-16(22-2)15(18)11-12/h3-11H,1-2H3,(H,19,20)/b10-4+. The van der Waals surface area contributed by atoms with E-state index in [1.807, 2.05) is 18.2 Å². The number of ether oxygens (including phenoxy) is 2. The predicted molar refractivity (Wildman–Crippen MR) is 91.4 cm³/mol. The molecule has 22 heavy (non-hydrogen) atoms. The second kappa shape index (κ2) is 7.66. The molecule has 0 bridgehead atoms. The zero-order valence-corrected chi connectivity index (χ0v) is 13.9. The van der Waals surface area contributed by atoms with Crippen LogP contribution in [0.1, 0.15) is 5.56 Å². The second-order valence-electron chi connectivity index (χ2n) is 4.45. The molecule has 0 aliphatic rings. The van der Waals surface area contributed by atoms with Gasteiger partial charge in [-0.2, -0.15) is 0 Å². The predicted octanol–water partition coefficient (Wildman–Crippen LogP) is 4.12. The van der Waals surface area contributed by atoms with E-state index in [1.54, 1.807) is 44.6 Å². The summed E-state index contributed by atoms with van der Waals surface area (Å²) in [7, 11) is 3.21. The summed E-state index contributed by atoms with van der Waals surface area (Å²) in [5.74, 6) is 1.30. The molecule has 0 saturated carbocycles. The molecular formula is C17H16BrNO3. The summed E-state index contributed by atoms with van der Waals surface area (Å²) in [6, 6.07) is 12.8. The Morgan fingerprint density at radius 2 is 1.82 bits per heavy atom. The highest BCUT2D eigenvalue weighted by Gasteiger charge is 2.01. The summed E-state index contributed by atoms with van der Waals surface area (Å²) in [5, 5.41) is 2.78. The minimum atomic E-state index is -0.197. The van der Waals surface area contributed by atoms with Gasteiger partial charge in [-0.15, -0.1) is 0 Å². The number of halogens is 1. The summed E-state index contributed by atoms with van der Waals surface area (Å²) < 4.78 is 11.1. The molecule has 0 saturated heterocycles. The van der Waals surface area contributed by atoms with Gasteiger partial charge in [-0.25, -0.2) is 0 Å². The number of benzene rings is 2. The third-order valence-corrected chi connectivity index (χ3v) is 3.58. The lowest BCUT2D eigenvalue weighted by Gasteiger charge is -2.04. The average Bonchev–Trinajstić information content (AvgIpc) is 2.54. The fraction of sp³-hybridized carbons (Fsp3) is 0.118. The molecule has 1 amide bonds. The Balaban J connectivity index is 1.99. The molecule has 0 aliphatic carbocycles. The molecule has 2 aromatic rings. The number of rotatable bonds is 5. The topological polar surface area (TPSA) is 47.6 Å². The van der Waals surface area contributed by atoms with Crippen molar-refractivity contribution < 1.29 is 14.3 Å². The largest absolute Gasteiger partial charge is 0.497 e. The summed E-state index contributed by atoms with van der Waals surface area (Å²) in [6.07, 6.45) is 3.22. The zero-order valence-electron chi connectivity index (χ0n) is 12.3. The van der Waals surface area contributed by atoms with Crippen LogP contribution in [0.3, 0.4) is 0 Å². The second-order valence-corrected chi connectivity index (χ2v) is 5.30. The fourth-order valence-electron chi connectivity index (χ4n) is 1.82. The quantitative estimate of drug-likeness (QED) is 0.814. The molecular weight excluding hydrogens is 346 g/mol. The van der Waals surface area contributed by atoms with E-state index in [9.17, 15) is 4.79 Å². The first kappa shape index (κ1) is 16.1. The summed E-state index contributed by atoms with van der Waals surface area (Å²) in [5.41, 5.74) is 1.61. The van der Waals surface area contributed by atoms with Crippen LogP contribution < -0.4 is 14.8 Å². The summed E-state index contributed by atoms with van der Waals surface area (Å²) in [4.78, 5) is 11.9. The number of anilines is 1. The van der Waals surface area contributed by atoms with Crippen molar-refractivity contribution in [3.05, 3.63) is 58.6 Å². The van der Waals surface area contributed by atoms with Crippen molar-refractivity contribution in [2.45, 2.75) is 0 Å². The summed E-state index contributed by atoms with van der Waals surface area (Å²) in [6.45, 7) is 0. The lowest BCUT2D eigenvalue weighted by atomic mass is 10.2. The van der Waals surface area contributed by atoms with Gasteiger partial charge in [0.25, 0.3) is 0 Å². The number of hydrogen-bond acceptors (Lipinski definition) is 3. The van der Waals surface area contributed by atoms with Gasteiger partial charge >= 0.3 is 0 Å². The van der Waals surface area contributed by atoms with Gasteiger partial charge in [0.15, 0.2) is 0 Å². The van der Waals surface area contributed by atoms with Crippen LogP contribution in [0.2, 0.25) is 0 Å². The Labute approximate surface area is 137 Å². The van der Waals surface area contributed by atoms with Gasteiger partial charge in [0, 0.05) is 11.8 Å². The number of nitrogens with one attached hydrogen (secondary N) is 1. The van der Waals surface area contributed by atoms with Gasteiger partial charge in [-0.1, -0.05) is 6.07 Å². The zero-order chi connectivity index (χ0) is 15.9. The van der Waals surface area contributed by atoms with Gasteiger partial charge in [-0.05, 0) is 64.0 Å². The van der Waals surface area contributed by atoms with Crippen LogP contribution in [0, 0.1) is 0 Å². The molecule has 0 aromatic heterocycles. The Bertz CT molecular complexity index is 681. The Morgan fingerprint density at radius 1 is 1.09 bits per heavy atom. The van der Waals surface area contributed by atoms with E-state index in [0.29, 0.717) is 5.69 Å². The highest BCUT2D eigenvalue weighted by Crippen LogP contribution is 2.26. The lowest BCUT2D eigenvalue weighted by Crippen LogP contribution is -2.07. The smallest absolute Gasteiger partial charge is 0.248 e. The molecule has 0 radical (unpaired) electrons. The van der Waals surface area contributed by atoms with Crippen molar-refractivity contribution in [1.82, 2.24) is 0 Å². The molecule has 5 heteroatoms. The molecule has 0 aliphatic heterocycles. The third-order valence-electron chi connectivity index (χ3n) is 2.96. The van der Waals surface area contributed by atoms with Gasteiger partial charge in [0.05, 0.1) is 18.7 Å². The van der Waals surface area contributed by atoms with Crippen molar-refractivity contribution in [2.24, 2.45) is 0 Å². The van der Waals surface area contributed by atoms with Gasteiger partial charge < -0.3 is 14.8 Å². The van der Waals surface area contributed by atoms with Crippen molar-refractivity contribution in [2.75, 3.05) is 19.5 Å². The first-order valence-corrected chi connectivity index (χ1v) is 7.38. The molecule has 0 heterocycles. The average molecular weight is 362 g/mol. The Morgan fingerprint density at radius 3 is 2.41 bits per heavy atom. The van der Waals surface area contributed by atoms with Crippen LogP contribution in [0.4, 0.5) is 5.69 Å². The SMILES string of the molecule is COc1ccc(NC(=O)/C=C/c2ccc(OC)c(Br)c2)cc1. The van der Waals surface area contributed by atoms with E-state index in [2.05, 4.69) is 21.2 Å². The van der Waals surface area contributed by atoms with Crippen LogP contribution >= 0.6 is 15.9 Å². The van der Waals surface area contributed by atoms with E-state index < -0.39 is 0 Å². The molecule has 1 N–H and O–H groups in total. The van der Waals surface area contributed by atoms with E-state index in [1.165, 1.54) is 6.08 Å². The number of hydrogen-bond donors (Lipinski definition) is 1. The number of methoxy groups -OCH3 is 2. The maximum absolute atomic E-state index is 11.9. The van der Waals surface area contributed by atoms with Gasteiger partial charge in [0.1, 0.15) is 11.5 Å². The fourth-order valence-corrected chi connectivity index (χ4v) is 2.37. The maximum Gasteiger partial charge on any atom is 0.248 e. The van der Waals surface area contributed by atoms with Crippen molar-refractivity contribution in [3.8, 4) is 11.5 Å². The van der Waals surface area contributed by atoms with E-state index in [-0.39, 0.29) is 5.91 Å². The van der Waals surface area contributed by atoms with Crippen LogP contribution in [0.25, 0.3) is 6.08 Å². The van der Waals surface area contributed by atoms with Crippen LogP contribution in [-0.4, -0.2) is 20.1 Å². The van der Waals surface area contributed by atoms with Crippen molar-refractivity contribution in [3.63, 3.8) is 0 Å². The number of carbonyl (C=O) groups is 1. The third kappa shape index (κ3) is 4.36.